The van der Waals surface area contributed by atoms with Gasteiger partial charge < -0.3 is 15.6 Å². The van der Waals surface area contributed by atoms with Crippen LogP contribution in [0.1, 0.15) is 22.3 Å². The van der Waals surface area contributed by atoms with Gasteiger partial charge in [-0.3, -0.25) is 9.59 Å². The third-order valence-electron chi connectivity index (χ3n) is 2.12. The summed E-state index contributed by atoms with van der Waals surface area (Å²) in [5, 5.41) is 8.49. The Bertz CT molecular complexity index is 466. The summed E-state index contributed by atoms with van der Waals surface area (Å²) >= 11 is 0. The lowest BCUT2D eigenvalue weighted by Crippen LogP contribution is -2.12. The summed E-state index contributed by atoms with van der Waals surface area (Å²) < 4.78 is 4.98. The van der Waals surface area contributed by atoms with Crippen LogP contribution in [-0.2, 0) is 4.79 Å². The molecule has 0 aliphatic rings. The van der Waals surface area contributed by atoms with Gasteiger partial charge in [0, 0.05) is 5.56 Å². The summed E-state index contributed by atoms with van der Waals surface area (Å²) in [5.74, 6) is -0.997. The second-order valence-electron chi connectivity index (χ2n) is 3.32. The Kier molecular flexibility index (Phi) is 4.28. The summed E-state index contributed by atoms with van der Waals surface area (Å²) in [4.78, 5) is 21.5. The van der Waals surface area contributed by atoms with E-state index in [1.807, 2.05) is 0 Å². The van der Waals surface area contributed by atoms with Gasteiger partial charge in [0.2, 0.25) is 5.91 Å². The van der Waals surface area contributed by atoms with Crippen LogP contribution in [0.4, 0.5) is 0 Å². The molecule has 0 bridgehead atoms. The number of hydrogen-bond acceptors (Lipinski definition) is 3. The normalized spacial score (nSPS) is 10.4. The number of nitrogens with two attached hydrogens (primary N) is 1. The average molecular weight is 235 g/mol. The zero-order valence-corrected chi connectivity index (χ0v) is 9.34. The number of methoxy groups -OCH3 is 1. The Morgan fingerprint density at radius 2 is 2.18 bits per heavy atom. The third kappa shape index (κ3) is 3.64. The molecule has 0 heterocycles. The Hall–Kier alpha value is -2.30. The number of benzene rings is 1. The van der Waals surface area contributed by atoms with Crippen molar-refractivity contribution in [2.24, 2.45) is 5.73 Å². The molecule has 0 spiro atoms. The number of carbonyl (C=O) groups excluding carboxylic acids is 1. The monoisotopic (exact) mass is 235 g/mol. The summed E-state index contributed by atoms with van der Waals surface area (Å²) in [6.07, 6.45) is 2.90. The van der Waals surface area contributed by atoms with Gasteiger partial charge in [0.1, 0.15) is 5.75 Å². The van der Waals surface area contributed by atoms with Crippen molar-refractivity contribution in [1.29, 1.82) is 0 Å². The minimum absolute atomic E-state index is 0.107. The molecule has 0 saturated heterocycles. The Morgan fingerprint density at radius 3 is 2.71 bits per heavy atom. The maximum atomic E-state index is 11.2. The SMILES string of the molecule is COc1ccc(C=CCC(=O)O)c(C(N)=O)c1. The Morgan fingerprint density at radius 1 is 1.47 bits per heavy atom. The molecular weight excluding hydrogens is 222 g/mol. The standard InChI is InChI=1S/C12H13NO4/c1-17-9-6-5-8(3-2-4-11(14)15)10(7-9)12(13)16/h2-3,5-7H,4H2,1H3,(H2,13,16)(H,14,15). The first-order valence-corrected chi connectivity index (χ1v) is 4.90. The van der Waals surface area contributed by atoms with Crippen LogP contribution < -0.4 is 10.5 Å². The topological polar surface area (TPSA) is 89.6 Å². The van der Waals surface area contributed by atoms with Crippen LogP contribution in [0.2, 0.25) is 0 Å². The highest BCUT2D eigenvalue weighted by Crippen LogP contribution is 2.18. The number of rotatable bonds is 5. The van der Waals surface area contributed by atoms with E-state index in [1.165, 1.54) is 19.3 Å². The molecule has 5 nitrogen and oxygen atoms in total. The number of aliphatic carboxylic acids is 1. The van der Waals surface area contributed by atoms with E-state index in [-0.39, 0.29) is 6.42 Å². The van der Waals surface area contributed by atoms with E-state index in [1.54, 1.807) is 18.2 Å². The molecule has 0 fully saturated rings. The largest absolute Gasteiger partial charge is 0.497 e. The summed E-state index contributed by atoms with van der Waals surface area (Å²) in [6.45, 7) is 0. The van der Waals surface area contributed by atoms with E-state index < -0.39 is 11.9 Å². The molecule has 1 aromatic rings. The highest BCUT2D eigenvalue weighted by Gasteiger charge is 2.07. The van der Waals surface area contributed by atoms with E-state index in [4.69, 9.17) is 15.6 Å². The molecule has 90 valence electrons. The lowest BCUT2D eigenvalue weighted by Gasteiger charge is -2.05. The van der Waals surface area contributed by atoms with Gasteiger partial charge >= 0.3 is 5.97 Å². The number of carbonyl (C=O) groups is 2. The molecule has 0 radical (unpaired) electrons. The Labute approximate surface area is 98.5 Å². The number of ether oxygens (including phenoxy) is 1. The van der Waals surface area contributed by atoms with Gasteiger partial charge in [-0.25, -0.2) is 0 Å². The molecule has 0 aliphatic heterocycles. The highest BCUT2D eigenvalue weighted by atomic mass is 16.5. The zero-order chi connectivity index (χ0) is 12.8. The number of hydrogen-bond donors (Lipinski definition) is 2. The van der Waals surface area contributed by atoms with Gasteiger partial charge in [0.05, 0.1) is 13.5 Å². The fraction of sp³-hybridized carbons (Fsp3) is 0.167. The molecule has 3 N–H and O–H groups in total. The first-order chi connectivity index (χ1) is 8.04. The molecule has 1 amide bonds. The molecule has 0 saturated carbocycles. The molecule has 0 aliphatic carbocycles. The van der Waals surface area contributed by atoms with Crippen LogP contribution in [0, 0.1) is 0 Å². The maximum absolute atomic E-state index is 11.2. The van der Waals surface area contributed by atoms with Crippen molar-refractivity contribution >= 4 is 18.0 Å². The summed E-state index contributed by atoms with van der Waals surface area (Å²) in [5.41, 5.74) is 6.09. The van der Waals surface area contributed by atoms with Crippen LogP contribution in [0.5, 0.6) is 5.75 Å². The van der Waals surface area contributed by atoms with E-state index in [9.17, 15) is 9.59 Å². The van der Waals surface area contributed by atoms with Gasteiger partial charge in [0.25, 0.3) is 0 Å². The van der Waals surface area contributed by atoms with Gasteiger partial charge in [-0.2, -0.15) is 0 Å². The van der Waals surface area contributed by atoms with E-state index in [0.717, 1.165) is 0 Å². The van der Waals surface area contributed by atoms with E-state index in [2.05, 4.69) is 0 Å². The molecule has 17 heavy (non-hydrogen) atoms. The van der Waals surface area contributed by atoms with Crippen molar-refractivity contribution in [3.63, 3.8) is 0 Å². The number of carboxylic acid groups (broad SMARTS) is 1. The van der Waals surface area contributed by atoms with Crippen molar-refractivity contribution in [1.82, 2.24) is 0 Å². The minimum atomic E-state index is -0.935. The number of carboxylic acids is 1. The molecule has 1 aromatic carbocycles. The van der Waals surface area contributed by atoms with Gasteiger partial charge in [-0.05, 0) is 17.7 Å². The van der Waals surface area contributed by atoms with Crippen molar-refractivity contribution < 1.29 is 19.4 Å². The van der Waals surface area contributed by atoms with Crippen molar-refractivity contribution in [2.45, 2.75) is 6.42 Å². The first kappa shape index (κ1) is 12.8. The van der Waals surface area contributed by atoms with Gasteiger partial charge in [-0.15, -0.1) is 0 Å². The molecule has 0 aromatic heterocycles. The third-order valence-corrected chi connectivity index (χ3v) is 2.12. The lowest BCUT2D eigenvalue weighted by atomic mass is 10.1. The maximum Gasteiger partial charge on any atom is 0.307 e. The van der Waals surface area contributed by atoms with Gasteiger partial charge in [-0.1, -0.05) is 18.2 Å². The number of amides is 1. The second kappa shape index (κ2) is 5.69. The molecule has 1 rings (SSSR count). The fourth-order valence-electron chi connectivity index (χ4n) is 1.31. The van der Waals surface area contributed by atoms with Crippen LogP contribution in [0.3, 0.4) is 0 Å². The molecule has 0 unspecified atom stereocenters. The van der Waals surface area contributed by atoms with Crippen molar-refractivity contribution in [3.05, 3.63) is 35.4 Å². The summed E-state index contributed by atoms with van der Waals surface area (Å²) in [7, 11) is 1.49. The van der Waals surface area contributed by atoms with E-state index >= 15 is 0 Å². The molecular formula is C12H13NO4. The fourth-order valence-corrected chi connectivity index (χ4v) is 1.31. The molecule has 0 atom stereocenters. The average Bonchev–Trinajstić information content (AvgIpc) is 2.28. The van der Waals surface area contributed by atoms with Crippen molar-refractivity contribution in [2.75, 3.05) is 7.11 Å². The van der Waals surface area contributed by atoms with Crippen molar-refractivity contribution in [3.8, 4) is 5.75 Å². The lowest BCUT2D eigenvalue weighted by molar-refractivity contribution is -0.135. The number of primary amides is 1. The predicted molar refractivity (Wildman–Crippen MR) is 62.8 cm³/mol. The smallest absolute Gasteiger partial charge is 0.307 e. The minimum Gasteiger partial charge on any atom is -0.497 e. The van der Waals surface area contributed by atoms with Crippen LogP contribution in [-0.4, -0.2) is 24.1 Å². The molecule has 5 heteroatoms. The predicted octanol–water partition coefficient (Wildman–Crippen LogP) is 1.28. The van der Waals surface area contributed by atoms with Crippen LogP contribution in [0.25, 0.3) is 6.08 Å². The van der Waals surface area contributed by atoms with E-state index in [0.29, 0.717) is 16.9 Å². The zero-order valence-electron chi connectivity index (χ0n) is 9.34. The Balaban J connectivity index is 3.02. The van der Waals surface area contributed by atoms with Crippen LogP contribution >= 0.6 is 0 Å². The summed E-state index contributed by atoms with van der Waals surface area (Å²) in [6, 6.07) is 4.84. The quantitative estimate of drug-likeness (QED) is 0.804. The van der Waals surface area contributed by atoms with Crippen LogP contribution in [0.15, 0.2) is 24.3 Å². The highest BCUT2D eigenvalue weighted by molar-refractivity contribution is 5.97. The van der Waals surface area contributed by atoms with Gasteiger partial charge in [0.15, 0.2) is 0 Å². The first-order valence-electron chi connectivity index (χ1n) is 4.90. The second-order valence-corrected chi connectivity index (χ2v) is 3.32.